The number of carbonyl (C=O) groups is 1. The molecule has 6 aromatic rings. The second-order valence-electron chi connectivity index (χ2n) is 10.3. The first-order valence-corrected chi connectivity index (χ1v) is 19.3. The van der Waals surface area contributed by atoms with Crippen LogP contribution < -0.4 is 62.0 Å². The van der Waals surface area contributed by atoms with Gasteiger partial charge in [-0.05, 0) is 61.4 Å². The summed E-state index contributed by atoms with van der Waals surface area (Å²) in [7, 11) is -9.03. The van der Waals surface area contributed by atoms with Gasteiger partial charge in [0, 0.05) is 11.1 Å². The Morgan fingerprint density at radius 2 is 0.980 bits per heavy atom. The molecule has 0 saturated carbocycles. The Kier molecular flexibility index (Phi) is 11.5. The van der Waals surface area contributed by atoms with E-state index >= 15 is 0 Å². The van der Waals surface area contributed by atoms with Crippen LogP contribution in [0.5, 0.6) is 0 Å². The molecule has 4 N–H and O–H groups in total. The van der Waals surface area contributed by atoms with E-state index in [0.29, 0.717) is 43.3 Å². The van der Waals surface area contributed by atoms with Gasteiger partial charge in [0.05, 0.1) is 51.9 Å². The van der Waals surface area contributed by atoms with Crippen molar-refractivity contribution in [2.45, 2.75) is 23.6 Å². The van der Waals surface area contributed by atoms with Gasteiger partial charge in [0.25, 0.3) is 20.2 Å². The van der Waals surface area contributed by atoms with Gasteiger partial charge in [-0.3, -0.25) is 9.11 Å². The minimum absolute atomic E-state index is 0. The average Bonchev–Trinajstić information content (AvgIpc) is 3.59. The normalized spacial score (nSPS) is 11.9. The number of aromatic nitrogens is 2. The average molecular weight is 844 g/mol. The minimum atomic E-state index is -4.51. The first kappa shape index (κ1) is 38.8. The molecule has 4 aromatic carbocycles. The molecular formula is C29H18Cl4KN4O7S4+. The van der Waals surface area contributed by atoms with Gasteiger partial charge in [0.1, 0.15) is 19.8 Å². The maximum Gasteiger partial charge on any atom is 1.00 e. The number of hydrogen-bond acceptors (Lipinski definition) is 9. The summed E-state index contributed by atoms with van der Waals surface area (Å²) in [5.41, 5.74) is 2.40. The third kappa shape index (κ3) is 7.84. The summed E-state index contributed by atoms with van der Waals surface area (Å²) < 4.78 is 68.1. The predicted molar refractivity (Wildman–Crippen MR) is 192 cm³/mol. The second-order valence-corrected chi connectivity index (χ2v) is 16.7. The Bertz CT molecular complexity index is 2360. The molecule has 0 atom stereocenters. The van der Waals surface area contributed by atoms with Crippen LogP contribution in [0, 0.1) is 13.8 Å². The van der Waals surface area contributed by atoms with Crippen LogP contribution in [0.1, 0.15) is 11.1 Å². The molecule has 248 valence electrons. The number of thiazole rings is 2. The topological polar surface area (TPSA) is 176 Å². The Hall–Kier alpha value is -1.45. The van der Waals surface area contributed by atoms with Gasteiger partial charge in [-0.2, -0.15) is 16.8 Å². The number of urea groups is 1. The fourth-order valence-electron chi connectivity index (χ4n) is 4.91. The zero-order valence-corrected chi connectivity index (χ0v) is 34.5. The van der Waals surface area contributed by atoms with Crippen LogP contribution in [0.15, 0.2) is 58.3 Å². The van der Waals surface area contributed by atoms with Gasteiger partial charge < -0.3 is 10.6 Å². The molecule has 0 bridgehead atoms. The van der Waals surface area contributed by atoms with Crippen LogP contribution >= 0.6 is 69.1 Å². The first-order valence-electron chi connectivity index (χ1n) is 13.2. The Morgan fingerprint density at radius 3 is 1.29 bits per heavy atom. The molecule has 2 aromatic heterocycles. The monoisotopic (exact) mass is 841 g/mol. The number of anilines is 2. The molecule has 49 heavy (non-hydrogen) atoms. The molecule has 0 saturated heterocycles. The number of rotatable bonds is 6. The number of benzene rings is 4. The fraction of sp³-hybridized carbons (Fsp3) is 0.0690. The van der Waals surface area contributed by atoms with E-state index < -0.39 is 26.3 Å². The summed E-state index contributed by atoms with van der Waals surface area (Å²) >= 11 is 28.0. The van der Waals surface area contributed by atoms with Gasteiger partial charge in [0.2, 0.25) is 0 Å². The van der Waals surface area contributed by atoms with Crippen molar-refractivity contribution in [1.82, 2.24) is 9.97 Å². The Morgan fingerprint density at radius 1 is 0.653 bits per heavy atom. The van der Waals surface area contributed by atoms with E-state index in [1.54, 1.807) is 26.0 Å². The number of carbonyl (C=O) groups excluding carboxylic acids is 1. The molecule has 0 aliphatic carbocycles. The predicted octanol–water partition coefficient (Wildman–Crippen LogP) is 6.61. The van der Waals surface area contributed by atoms with Crippen LogP contribution in [0.3, 0.4) is 0 Å². The number of amides is 2. The third-order valence-corrected chi connectivity index (χ3v) is 12.8. The van der Waals surface area contributed by atoms with Crippen LogP contribution in [-0.2, 0) is 20.2 Å². The standard InChI is InChI=1S/C29H18Cl4N4O7S4.K/c1-11-3-5-19-23(25(11)47(39,40)41)45-27(34-19)13-7-15(30)21(16(31)8-13)36-29(38)37-22-17(32)9-14(10-18(22)33)28-35-20-6-4-12(2)26(24(20)46-28)48(42,43)44;/h3-10H,1-2H3,(H2,36,37,38)(H,39,40,41)(H,42,43,44);/q;+1. The van der Waals surface area contributed by atoms with Crippen molar-refractivity contribution >= 4 is 127 Å². The summed E-state index contributed by atoms with van der Waals surface area (Å²) in [6.07, 6.45) is 0. The van der Waals surface area contributed by atoms with Gasteiger partial charge in [-0.15, -0.1) is 22.7 Å². The van der Waals surface area contributed by atoms with Crippen molar-refractivity contribution in [3.8, 4) is 21.1 Å². The van der Waals surface area contributed by atoms with Crippen molar-refractivity contribution in [2.24, 2.45) is 0 Å². The van der Waals surface area contributed by atoms with Crippen molar-refractivity contribution < 1.29 is 82.1 Å². The molecule has 0 radical (unpaired) electrons. The zero-order chi connectivity index (χ0) is 34.9. The summed E-state index contributed by atoms with van der Waals surface area (Å²) in [6, 6.07) is 11.5. The van der Waals surface area contributed by atoms with Crippen LogP contribution in [0.4, 0.5) is 16.2 Å². The van der Waals surface area contributed by atoms with Crippen LogP contribution in [-0.4, -0.2) is 41.9 Å². The number of hydrogen-bond donors (Lipinski definition) is 4. The van der Waals surface area contributed by atoms with Gasteiger partial charge in [-0.25, -0.2) is 14.8 Å². The second kappa shape index (κ2) is 14.5. The van der Waals surface area contributed by atoms with Gasteiger partial charge >= 0.3 is 57.4 Å². The molecule has 0 aliphatic heterocycles. The fourth-order valence-corrected chi connectivity index (χ4v) is 10.7. The Labute approximate surface area is 349 Å². The van der Waals surface area contributed by atoms with E-state index in [1.807, 2.05) is 0 Å². The summed E-state index contributed by atoms with van der Waals surface area (Å²) in [5.74, 6) is 0. The quantitative estimate of drug-likeness (QED) is 0.106. The van der Waals surface area contributed by atoms with Crippen LogP contribution in [0.25, 0.3) is 41.6 Å². The van der Waals surface area contributed by atoms with Crippen molar-refractivity contribution in [3.63, 3.8) is 0 Å². The third-order valence-electron chi connectivity index (χ3n) is 6.99. The number of aryl methyl sites for hydroxylation is 2. The summed E-state index contributed by atoms with van der Waals surface area (Å²) in [5, 5.41) is 6.04. The van der Waals surface area contributed by atoms with Crippen molar-refractivity contribution in [3.05, 3.63) is 79.7 Å². The molecule has 6 rings (SSSR count). The molecule has 2 amide bonds. The first-order chi connectivity index (χ1) is 22.4. The van der Waals surface area contributed by atoms with E-state index in [2.05, 4.69) is 20.6 Å². The largest absolute Gasteiger partial charge is 1.00 e. The molecule has 0 fully saturated rings. The molecule has 0 spiro atoms. The number of nitrogens with zero attached hydrogens (tertiary/aromatic N) is 2. The zero-order valence-electron chi connectivity index (χ0n) is 25.1. The minimum Gasteiger partial charge on any atom is -0.305 e. The van der Waals surface area contributed by atoms with Crippen molar-refractivity contribution in [2.75, 3.05) is 10.6 Å². The molecule has 20 heteroatoms. The van der Waals surface area contributed by atoms with Crippen LogP contribution in [0.2, 0.25) is 20.1 Å². The van der Waals surface area contributed by atoms with E-state index in [0.717, 1.165) is 22.7 Å². The molecular weight excluding hydrogens is 826 g/mol. The number of nitrogens with one attached hydrogen (secondary N) is 2. The smallest absolute Gasteiger partial charge is 0.305 e. The van der Waals surface area contributed by atoms with E-state index in [1.165, 1.54) is 36.4 Å². The molecule has 11 nitrogen and oxygen atoms in total. The van der Waals surface area contributed by atoms with E-state index in [-0.39, 0.29) is 102 Å². The number of fused-ring (bicyclic) bond motifs is 2. The SMILES string of the molecule is Cc1ccc2nc(-c3cc(Cl)c(NC(=O)Nc4c(Cl)cc(-c5nc6ccc(C)c(S(=O)(=O)O)c6s5)cc4Cl)c(Cl)c3)sc2c1S(=O)(=O)O.[K+]. The molecule has 2 heterocycles. The van der Waals surface area contributed by atoms with Crippen molar-refractivity contribution in [1.29, 1.82) is 0 Å². The molecule has 0 aliphatic rings. The maximum absolute atomic E-state index is 13.0. The number of halogens is 4. The Balaban J connectivity index is 0.00000468. The maximum atomic E-state index is 13.0. The van der Waals surface area contributed by atoms with Gasteiger partial charge in [-0.1, -0.05) is 58.5 Å². The van der Waals surface area contributed by atoms with E-state index in [9.17, 15) is 30.7 Å². The van der Waals surface area contributed by atoms with Gasteiger partial charge in [0.15, 0.2) is 0 Å². The summed E-state index contributed by atoms with van der Waals surface area (Å²) in [4.78, 5) is 21.5. The molecule has 0 unspecified atom stereocenters. The summed E-state index contributed by atoms with van der Waals surface area (Å²) in [6.45, 7) is 3.12. The van der Waals surface area contributed by atoms with E-state index in [4.69, 9.17) is 46.4 Å².